The topological polar surface area (TPSA) is 49.4 Å². The van der Waals surface area contributed by atoms with Crippen LogP contribution in [0.2, 0.25) is 0 Å². The number of halogens is 2. The van der Waals surface area contributed by atoms with Crippen molar-refractivity contribution < 1.29 is 14.6 Å². The molecule has 2 atom stereocenters. The van der Waals surface area contributed by atoms with E-state index in [9.17, 15) is 9.90 Å². The van der Waals surface area contributed by atoms with Crippen molar-refractivity contribution in [1.82, 2.24) is 0 Å². The first kappa shape index (κ1) is 15.6. The third kappa shape index (κ3) is 2.93. The van der Waals surface area contributed by atoms with Gasteiger partial charge in [0.05, 0.1) is 22.2 Å². The fraction of sp³-hybridized carbons (Fsp3) is 0.400. The molecule has 1 aliphatic rings. The van der Waals surface area contributed by atoms with Crippen molar-refractivity contribution in [2.45, 2.75) is 29.9 Å². The Morgan fingerprint density at radius 1 is 1.45 bits per heavy atom. The van der Waals surface area contributed by atoms with Crippen molar-refractivity contribution in [3.8, 4) is 5.75 Å². The SMILES string of the molecule is CCOc1ccc2c(c1)C(C(Br)C(Br)C(=O)[O-])=C(C)C2. The van der Waals surface area contributed by atoms with Crippen LogP contribution in [0.4, 0.5) is 0 Å². The molecule has 0 saturated heterocycles. The van der Waals surface area contributed by atoms with Gasteiger partial charge in [0.1, 0.15) is 5.75 Å². The molecule has 0 bridgehead atoms. The van der Waals surface area contributed by atoms with Crippen molar-refractivity contribution in [2.75, 3.05) is 6.61 Å². The van der Waals surface area contributed by atoms with E-state index in [1.54, 1.807) is 0 Å². The van der Waals surface area contributed by atoms with Gasteiger partial charge >= 0.3 is 0 Å². The molecule has 1 aromatic rings. The molecule has 3 nitrogen and oxygen atoms in total. The molecule has 108 valence electrons. The third-order valence-corrected chi connectivity index (χ3v) is 5.95. The number of carboxylic acids is 1. The molecule has 0 saturated carbocycles. The zero-order valence-electron chi connectivity index (χ0n) is 11.3. The van der Waals surface area contributed by atoms with Crippen LogP contribution in [0, 0.1) is 0 Å². The Morgan fingerprint density at radius 3 is 2.75 bits per heavy atom. The van der Waals surface area contributed by atoms with E-state index in [-0.39, 0.29) is 4.83 Å². The molecule has 0 aliphatic heterocycles. The number of fused-ring (bicyclic) bond motifs is 1. The highest BCUT2D eigenvalue weighted by atomic mass is 79.9. The Kier molecular flexibility index (Phi) is 4.91. The second-order valence-electron chi connectivity index (χ2n) is 4.75. The van der Waals surface area contributed by atoms with Crippen LogP contribution < -0.4 is 9.84 Å². The molecule has 2 rings (SSSR count). The number of aliphatic carboxylic acids is 1. The van der Waals surface area contributed by atoms with E-state index in [1.165, 1.54) is 11.1 Å². The number of carbonyl (C=O) groups is 1. The Hall–Kier alpha value is -0.810. The summed E-state index contributed by atoms with van der Waals surface area (Å²) in [6.45, 7) is 4.57. The van der Waals surface area contributed by atoms with E-state index in [0.29, 0.717) is 6.61 Å². The van der Waals surface area contributed by atoms with Crippen molar-refractivity contribution in [3.63, 3.8) is 0 Å². The molecule has 0 heterocycles. The van der Waals surface area contributed by atoms with Crippen molar-refractivity contribution >= 4 is 43.4 Å². The number of carboxylic acid groups (broad SMARTS) is 1. The molecule has 1 aromatic carbocycles. The molecule has 0 amide bonds. The Morgan fingerprint density at radius 2 is 2.15 bits per heavy atom. The average molecular weight is 403 g/mol. The van der Waals surface area contributed by atoms with E-state index < -0.39 is 10.8 Å². The third-order valence-electron chi connectivity index (χ3n) is 3.36. The minimum atomic E-state index is -1.12. The van der Waals surface area contributed by atoms with E-state index in [4.69, 9.17) is 4.74 Å². The maximum atomic E-state index is 11.1. The van der Waals surface area contributed by atoms with Crippen molar-refractivity contribution in [2.24, 2.45) is 0 Å². The number of carbonyl (C=O) groups excluding carboxylic acids is 1. The van der Waals surface area contributed by atoms with E-state index in [0.717, 1.165) is 23.3 Å². The van der Waals surface area contributed by atoms with Crippen LogP contribution >= 0.6 is 31.9 Å². The van der Waals surface area contributed by atoms with Gasteiger partial charge in [-0.3, -0.25) is 0 Å². The van der Waals surface area contributed by atoms with Gasteiger partial charge in [-0.1, -0.05) is 43.5 Å². The van der Waals surface area contributed by atoms with Crippen LogP contribution in [0.15, 0.2) is 23.8 Å². The lowest BCUT2D eigenvalue weighted by Crippen LogP contribution is -2.37. The van der Waals surface area contributed by atoms with E-state index >= 15 is 0 Å². The Balaban J connectivity index is 2.39. The van der Waals surface area contributed by atoms with Gasteiger partial charge in [0, 0.05) is 0 Å². The highest BCUT2D eigenvalue weighted by Crippen LogP contribution is 2.41. The highest BCUT2D eigenvalue weighted by molar-refractivity contribution is 9.12. The first-order chi connectivity index (χ1) is 9.45. The molecular formula is C15H15Br2O3-. The van der Waals surface area contributed by atoms with Gasteiger partial charge in [-0.15, -0.1) is 0 Å². The molecule has 0 radical (unpaired) electrons. The van der Waals surface area contributed by atoms with Crippen molar-refractivity contribution in [1.29, 1.82) is 0 Å². The van der Waals surface area contributed by atoms with Gasteiger partial charge in [0.15, 0.2) is 0 Å². The summed E-state index contributed by atoms with van der Waals surface area (Å²) in [6, 6.07) is 5.97. The molecule has 0 spiro atoms. The normalized spacial score (nSPS) is 16.8. The van der Waals surface area contributed by atoms with Crippen LogP contribution in [-0.4, -0.2) is 22.2 Å². The summed E-state index contributed by atoms with van der Waals surface area (Å²) < 4.78 is 5.52. The fourth-order valence-corrected chi connectivity index (χ4v) is 3.60. The van der Waals surface area contributed by atoms with Gasteiger partial charge in [-0.25, -0.2) is 0 Å². The molecule has 0 N–H and O–H groups in total. The van der Waals surface area contributed by atoms with Crippen LogP contribution in [0.5, 0.6) is 5.75 Å². The molecule has 5 heteroatoms. The molecule has 20 heavy (non-hydrogen) atoms. The van der Waals surface area contributed by atoms with Crippen LogP contribution in [0.1, 0.15) is 25.0 Å². The summed E-state index contributed by atoms with van der Waals surface area (Å²) in [5, 5.41) is 11.1. The second kappa shape index (κ2) is 6.31. The zero-order valence-corrected chi connectivity index (χ0v) is 14.5. The van der Waals surface area contributed by atoms with Crippen LogP contribution in [-0.2, 0) is 11.2 Å². The van der Waals surface area contributed by atoms with Crippen LogP contribution in [0.25, 0.3) is 5.57 Å². The lowest BCUT2D eigenvalue weighted by Gasteiger charge is -2.21. The molecule has 0 fully saturated rings. The summed E-state index contributed by atoms with van der Waals surface area (Å²) in [7, 11) is 0. The highest BCUT2D eigenvalue weighted by Gasteiger charge is 2.29. The average Bonchev–Trinajstić information content (AvgIpc) is 2.72. The van der Waals surface area contributed by atoms with Gasteiger partial charge in [0.25, 0.3) is 0 Å². The minimum Gasteiger partial charge on any atom is -0.549 e. The largest absolute Gasteiger partial charge is 0.549 e. The van der Waals surface area contributed by atoms with Gasteiger partial charge in [-0.2, -0.15) is 0 Å². The van der Waals surface area contributed by atoms with Gasteiger partial charge in [0.2, 0.25) is 0 Å². The first-order valence-corrected chi connectivity index (χ1v) is 8.23. The number of rotatable bonds is 5. The smallest absolute Gasteiger partial charge is 0.119 e. The predicted molar refractivity (Wildman–Crippen MR) is 84.3 cm³/mol. The van der Waals surface area contributed by atoms with Gasteiger partial charge in [-0.05, 0) is 49.1 Å². The Bertz CT molecular complexity index is 566. The molecule has 2 unspecified atom stereocenters. The number of allylic oxidation sites excluding steroid dienone is 2. The lowest BCUT2D eigenvalue weighted by atomic mass is 10.0. The molecular weight excluding hydrogens is 388 g/mol. The number of hydrogen-bond acceptors (Lipinski definition) is 3. The zero-order chi connectivity index (χ0) is 14.9. The van der Waals surface area contributed by atoms with E-state index in [2.05, 4.69) is 31.9 Å². The lowest BCUT2D eigenvalue weighted by molar-refractivity contribution is -0.304. The fourth-order valence-electron chi connectivity index (χ4n) is 2.48. The standard InChI is InChI=1S/C15H16Br2O3/c1-3-20-10-5-4-9-6-8(2)12(11(9)7-10)13(16)14(17)15(18)19/h4-5,7,13-14H,3,6H2,1-2H3,(H,18,19)/p-1. The number of ether oxygens (including phenoxy) is 1. The summed E-state index contributed by atoms with van der Waals surface area (Å²) in [5.74, 6) is -0.320. The minimum absolute atomic E-state index is 0.328. The Labute approximate surface area is 135 Å². The second-order valence-corrected chi connectivity index (χ2v) is 6.72. The summed E-state index contributed by atoms with van der Waals surface area (Å²) >= 11 is 6.65. The first-order valence-electron chi connectivity index (χ1n) is 6.40. The summed E-state index contributed by atoms with van der Waals surface area (Å²) in [4.78, 5) is 9.95. The maximum absolute atomic E-state index is 11.1. The predicted octanol–water partition coefficient (Wildman–Crippen LogP) is 2.69. The number of benzene rings is 1. The van der Waals surface area contributed by atoms with Crippen LogP contribution in [0.3, 0.4) is 0 Å². The monoisotopic (exact) mass is 401 g/mol. The number of hydrogen-bond donors (Lipinski definition) is 0. The quantitative estimate of drug-likeness (QED) is 0.711. The van der Waals surface area contributed by atoms with Crippen molar-refractivity contribution in [3.05, 3.63) is 34.9 Å². The number of alkyl halides is 2. The molecule has 1 aliphatic carbocycles. The summed E-state index contributed by atoms with van der Waals surface area (Å²) in [6.07, 6.45) is 0.839. The van der Waals surface area contributed by atoms with E-state index in [1.807, 2.05) is 32.0 Å². The maximum Gasteiger partial charge on any atom is 0.119 e. The summed E-state index contributed by atoms with van der Waals surface area (Å²) in [5.41, 5.74) is 4.43. The molecule has 0 aromatic heterocycles. The van der Waals surface area contributed by atoms with Gasteiger partial charge < -0.3 is 14.6 Å².